The summed E-state index contributed by atoms with van der Waals surface area (Å²) in [6, 6.07) is 4.84. The average Bonchev–Trinajstić information content (AvgIpc) is 2.23. The zero-order valence-corrected chi connectivity index (χ0v) is 8.89. The maximum atomic E-state index is 9.68. The van der Waals surface area contributed by atoms with Gasteiger partial charge in [-0.25, -0.2) is 0 Å². The van der Waals surface area contributed by atoms with E-state index in [4.69, 9.17) is 0 Å². The normalized spacial score (nSPS) is 18.3. The molecule has 0 atom stereocenters. The minimum atomic E-state index is 0.160. The van der Waals surface area contributed by atoms with Crippen molar-refractivity contribution in [2.45, 2.75) is 24.2 Å². The van der Waals surface area contributed by atoms with Crippen LogP contribution < -0.4 is 0 Å². The third kappa shape index (κ3) is 1.98. The highest BCUT2D eigenvalue weighted by Crippen LogP contribution is 2.31. The highest BCUT2D eigenvalue weighted by Gasteiger charge is 2.27. The molecule has 0 spiro atoms. The average molecular weight is 211 g/mol. The fraction of sp³-hybridized carbons (Fsp3) is 0.455. The molecule has 1 aromatic rings. The van der Waals surface area contributed by atoms with Crippen LogP contribution in [0.3, 0.4) is 0 Å². The lowest BCUT2D eigenvalue weighted by molar-refractivity contribution is 0.448. The molecule has 0 aliphatic carbocycles. The molecule has 1 aliphatic rings. The lowest BCUT2D eigenvalue weighted by Crippen LogP contribution is -2.17. The molecule has 0 aromatic heterocycles. The Kier molecular flexibility index (Phi) is 2.87. The number of hydrogen-bond acceptors (Lipinski definition) is 2. The van der Waals surface area contributed by atoms with Gasteiger partial charge in [0.25, 0.3) is 0 Å². The first-order valence-electron chi connectivity index (χ1n) is 4.97. The smallest absolute Gasteiger partial charge is 0.200 e. The van der Waals surface area contributed by atoms with Crippen LogP contribution in [-0.4, -0.2) is 21.7 Å². The Labute approximate surface area is 86.9 Å². The zero-order chi connectivity index (χ0) is 9.97. The second-order valence-corrected chi connectivity index (χ2v) is 5.86. The molecule has 1 fully saturated rings. The van der Waals surface area contributed by atoms with Crippen LogP contribution in [0.4, 0.5) is 0 Å². The van der Waals surface area contributed by atoms with Crippen molar-refractivity contribution in [3.05, 3.63) is 18.2 Å². The van der Waals surface area contributed by atoms with Gasteiger partial charge in [-0.15, -0.1) is 0 Å². The summed E-state index contributed by atoms with van der Waals surface area (Å²) in [7, 11) is 0.160. The monoisotopic (exact) mass is 211 g/mol. The minimum Gasteiger partial charge on any atom is -0.508 e. The standard InChI is InChI=1S/C11H14O2S/c12-9-4-5-10(13)11(8-9)14-6-2-1-3-7-14/h4-5,8H,1-3,6-7H2,(H-,12,13)/p+1. The van der Waals surface area contributed by atoms with Gasteiger partial charge in [-0.3, -0.25) is 0 Å². The van der Waals surface area contributed by atoms with Gasteiger partial charge in [0.1, 0.15) is 17.3 Å². The van der Waals surface area contributed by atoms with Crippen molar-refractivity contribution in [2.75, 3.05) is 11.5 Å². The van der Waals surface area contributed by atoms with Crippen LogP contribution in [-0.2, 0) is 10.9 Å². The molecule has 0 bridgehead atoms. The van der Waals surface area contributed by atoms with Crippen molar-refractivity contribution >= 4 is 10.9 Å². The first-order valence-corrected chi connectivity index (χ1v) is 6.53. The predicted molar refractivity (Wildman–Crippen MR) is 59.0 cm³/mol. The molecule has 0 amide bonds. The largest absolute Gasteiger partial charge is 0.508 e. The van der Waals surface area contributed by atoms with Crippen LogP contribution in [0.1, 0.15) is 19.3 Å². The second-order valence-electron chi connectivity index (χ2n) is 3.61. The van der Waals surface area contributed by atoms with Crippen LogP contribution in [0.5, 0.6) is 11.5 Å². The Morgan fingerprint density at radius 1 is 1.00 bits per heavy atom. The van der Waals surface area contributed by atoms with E-state index in [1.165, 1.54) is 25.3 Å². The summed E-state index contributed by atoms with van der Waals surface area (Å²) in [5, 5.41) is 19.0. The molecule has 14 heavy (non-hydrogen) atoms. The van der Waals surface area contributed by atoms with Gasteiger partial charge in [0, 0.05) is 17.0 Å². The topological polar surface area (TPSA) is 40.5 Å². The third-order valence-corrected chi connectivity index (χ3v) is 5.05. The number of phenolic OH excluding ortho intramolecular Hbond substituents is 2. The van der Waals surface area contributed by atoms with E-state index in [2.05, 4.69) is 0 Å². The molecule has 76 valence electrons. The maximum absolute atomic E-state index is 9.68. The van der Waals surface area contributed by atoms with Crippen LogP contribution in [0.25, 0.3) is 0 Å². The molecule has 2 rings (SSSR count). The van der Waals surface area contributed by atoms with Gasteiger partial charge in [0.2, 0.25) is 0 Å². The fourth-order valence-corrected chi connectivity index (χ4v) is 4.19. The quantitative estimate of drug-likeness (QED) is 0.552. The number of phenols is 2. The van der Waals surface area contributed by atoms with Crippen molar-refractivity contribution in [1.29, 1.82) is 0 Å². The van der Waals surface area contributed by atoms with Gasteiger partial charge in [-0.1, -0.05) is 0 Å². The predicted octanol–water partition coefficient (Wildman–Crippen LogP) is 2.26. The summed E-state index contributed by atoms with van der Waals surface area (Å²) < 4.78 is 0. The van der Waals surface area contributed by atoms with Crippen LogP contribution in [0, 0.1) is 0 Å². The molecule has 0 radical (unpaired) electrons. The van der Waals surface area contributed by atoms with Crippen molar-refractivity contribution in [2.24, 2.45) is 0 Å². The van der Waals surface area contributed by atoms with Crippen LogP contribution in [0.15, 0.2) is 23.1 Å². The van der Waals surface area contributed by atoms with E-state index in [1.807, 2.05) is 0 Å². The Balaban J connectivity index is 2.24. The first-order chi connectivity index (χ1) is 6.77. The molecule has 2 N–H and O–H groups in total. The zero-order valence-electron chi connectivity index (χ0n) is 8.07. The Morgan fingerprint density at radius 2 is 1.71 bits per heavy atom. The molecule has 1 aliphatic heterocycles. The lowest BCUT2D eigenvalue weighted by atomic mass is 10.3. The number of hydrogen-bond donors (Lipinski definition) is 2. The summed E-state index contributed by atoms with van der Waals surface area (Å²) in [5.41, 5.74) is 0. The summed E-state index contributed by atoms with van der Waals surface area (Å²) in [6.45, 7) is 0. The molecule has 0 unspecified atom stereocenters. The van der Waals surface area contributed by atoms with Crippen molar-refractivity contribution < 1.29 is 10.2 Å². The van der Waals surface area contributed by atoms with E-state index in [9.17, 15) is 10.2 Å². The van der Waals surface area contributed by atoms with E-state index in [0.29, 0.717) is 5.75 Å². The summed E-state index contributed by atoms with van der Waals surface area (Å²) >= 11 is 0. The van der Waals surface area contributed by atoms with Crippen molar-refractivity contribution in [1.82, 2.24) is 0 Å². The summed E-state index contributed by atoms with van der Waals surface area (Å²) in [6.07, 6.45) is 3.81. The Bertz CT molecular complexity index is 319. The molecule has 2 nitrogen and oxygen atoms in total. The lowest BCUT2D eigenvalue weighted by Gasteiger charge is -2.14. The Hall–Kier alpha value is -0.830. The van der Waals surface area contributed by atoms with Gasteiger partial charge >= 0.3 is 0 Å². The van der Waals surface area contributed by atoms with Crippen LogP contribution >= 0.6 is 0 Å². The molecule has 3 heteroatoms. The molecule has 1 saturated heterocycles. The Morgan fingerprint density at radius 3 is 2.43 bits per heavy atom. The van der Waals surface area contributed by atoms with Gasteiger partial charge in [0.05, 0.1) is 0 Å². The number of rotatable bonds is 1. The van der Waals surface area contributed by atoms with Crippen LogP contribution in [0.2, 0.25) is 0 Å². The molecular weight excluding hydrogens is 196 g/mol. The second kappa shape index (κ2) is 4.13. The van der Waals surface area contributed by atoms with Crippen molar-refractivity contribution in [3.63, 3.8) is 0 Å². The van der Waals surface area contributed by atoms with E-state index in [1.54, 1.807) is 12.1 Å². The SMILES string of the molecule is Oc1ccc(O)c([S+]2CCCCC2)c1. The molecule has 1 aromatic carbocycles. The molecule has 1 heterocycles. The van der Waals surface area contributed by atoms with Gasteiger partial charge in [0.15, 0.2) is 10.6 Å². The van der Waals surface area contributed by atoms with Gasteiger partial charge < -0.3 is 10.2 Å². The minimum absolute atomic E-state index is 0.160. The fourth-order valence-electron chi connectivity index (χ4n) is 1.79. The number of benzene rings is 1. The van der Waals surface area contributed by atoms with Gasteiger partial charge in [-0.05, 0) is 31.4 Å². The van der Waals surface area contributed by atoms with E-state index >= 15 is 0 Å². The summed E-state index contributed by atoms with van der Waals surface area (Å²) in [5.74, 6) is 2.93. The van der Waals surface area contributed by atoms with Crippen molar-refractivity contribution in [3.8, 4) is 11.5 Å². The van der Waals surface area contributed by atoms with E-state index < -0.39 is 0 Å². The highest BCUT2D eigenvalue weighted by atomic mass is 32.2. The van der Waals surface area contributed by atoms with E-state index in [-0.39, 0.29) is 16.6 Å². The van der Waals surface area contributed by atoms with E-state index in [0.717, 1.165) is 16.4 Å². The summed E-state index contributed by atoms with van der Waals surface area (Å²) in [4.78, 5) is 0.949. The first kappa shape index (κ1) is 9.71. The molecule has 0 saturated carbocycles. The third-order valence-electron chi connectivity index (χ3n) is 2.54. The van der Waals surface area contributed by atoms with Gasteiger partial charge in [-0.2, -0.15) is 0 Å². The number of aromatic hydroxyl groups is 2. The maximum Gasteiger partial charge on any atom is 0.200 e. The highest BCUT2D eigenvalue weighted by molar-refractivity contribution is 7.97. The molecular formula is C11H15O2S+.